The number of carbonyl (C=O) groups excluding carboxylic acids is 2. The molecule has 122 valence electrons. The monoisotopic (exact) mass is 343 g/mol. The number of carbonyl (C=O) groups is 2. The number of halogens is 1. The van der Waals surface area contributed by atoms with Crippen LogP contribution >= 0.6 is 22.9 Å². The van der Waals surface area contributed by atoms with Gasteiger partial charge in [-0.05, 0) is 37.3 Å². The molecule has 0 radical (unpaired) electrons. The standard InChI is InChI=1S/C15H22ClN3O2S/c1-11(20)18-10-12-5-8-19(9-6-12)15(21)17-7-4-13-2-3-14(16)22-13/h2-3,12H,4-10H2,1H3,(H,17,21)(H,18,20). The van der Waals surface area contributed by atoms with Crippen LogP contribution in [0.5, 0.6) is 0 Å². The van der Waals surface area contributed by atoms with E-state index in [2.05, 4.69) is 10.6 Å². The average Bonchev–Trinajstić information content (AvgIpc) is 2.91. The van der Waals surface area contributed by atoms with Crippen molar-refractivity contribution in [2.24, 2.45) is 5.92 Å². The van der Waals surface area contributed by atoms with Crippen molar-refractivity contribution in [2.75, 3.05) is 26.2 Å². The van der Waals surface area contributed by atoms with Crippen LogP contribution in [0.4, 0.5) is 4.79 Å². The van der Waals surface area contributed by atoms with E-state index in [1.165, 1.54) is 11.8 Å². The van der Waals surface area contributed by atoms with Crippen molar-refractivity contribution in [3.8, 4) is 0 Å². The number of nitrogens with one attached hydrogen (secondary N) is 2. The van der Waals surface area contributed by atoms with Crippen LogP contribution in [-0.2, 0) is 11.2 Å². The number of hydrogen-bond donors (Lipinski definition) is 2. The van der Waals surface area contributed by atoms with Crippen LogP contribution in [0.15, 0.2) is 12.1 Å². The van der Waals surface area contributed by atoms with E-state index in [0.29, 0.717) is 19.0 Å². The Morgan fingerprint density at radius 1 is 1.32 bits per heavy atom. The molecule has 1 saturated heterocycles. The third kappa shape index (κ3) is 5.50. The van der Waals surface area contributed by atoms with Crippen molar-refractivity contribution < 1.29 is 9.59 Å². The lowest BCUT2D eigenvalue weighted by atomic mass is 9.97. The van der Waals surface area contributed by atoms with E-state index in [0.717, 1.165) is 36.7 Å². The molecule has 0 spiro atoms. The van der Waals surface area contributed by atoms with Gasteiger partial charge in [-0.2, -0.15) is 0 Å². The predicted octanol–water partition coefficient (Wildman–Crippen LogP) is 2.50. The lowest BCUT2D eigenvalue weighted by molar-refractivity contribution is -0.119. The first kappa shape index (κ1) is 17.1. The van der Waals surface area contributed by atoms with Crippen molar-refractivity contribution in [2.45, 2.75) is 26.2 Å². The van der Waals surface area contributed by atoms with Gasteiger partial charge in [0.25, 0.3) is 0 Å². The molecule has 2 N–H and O–H groups in total. The maximum absolute atomic E-state index is 12.1. The minimum atomic E-state index is 0.000583. The van der Waals surface area contributed by atoms with Crippen molar-refractivity contribution in [1.82, 2.24) is 15.5 Å². The predicted molar refractivity (Wildman–Crippen MR) is 89.4 cm³/mol. The highest BCUT2D eigenvalue weighted by molar-refractivity contribution is 7.16. The molecule has 1 aromatic rings. The summed E-state index contributed by atoms with van der Waals surface area (Å²) in [4.78, 5) is 26.0. The Balaban J connectivity index is 1.63. The molecule has 1 fully saturated rings. The second kappa shape index (κ2) is 8.39. The number of hydrogen-bond acceptors (Lipinski definition) is 3. The maximum Gasteiger partial charge on any atom is 0.317 e. The van der Waals surface area contributed by atoms with Crippen LogP contribution in [0, 0.1) is 5.92 Å². The summed E-state index contributed by atoms with van der Waals surface area (Å²) in [5.74, 6) is 0.482. The fourth-order valence-electron chi connectivity index (χ4n) is 2.52. The smallest absolute Gasteiger partial charge is 0.317 e. The molecule has 1 aliphatic heterocycles. The summed E-state index contributed by atoms with van der Waals surface area (Å²) in [6.45, 7) is 4.37. The van der Waals surface area contributed by atoms with Gasteiger partial charge in [-0.3, -0.25) is 4.79 Å². The van der Waals surface area contributed by atoms with Gasteiger partial charge in [0.15, 0.2) is 0 Å². The van der Waals surface area contributed by atoms with E-state index in [1.807, 2.05) is 17.0 Å². The van der Waals surface area contributed by atoms with Gasteiger partial charge in [-0.15, -0.1) is 11.3 Å². The van der Waals surface area contributed by atoms with Crippen LogP contribution in [0.3, 0.4) is 0 Å². The Hall–Kier alpha value is -1.27. The van der Waals surface area contributed by atoms with E-state index in [1.54, 1.807) is 11.3 Å². The molecule has 0 atom stereocenters. The minimum Gasteiger partial charge on any atom is -0.356 e. The van der Waals surface area contributed by atoms with Gasteiger partial charge < -0.3 is 15.5 Å². The molecule has 1 aromatic heterocycles. The minimum absolute atomic E-state index is 0.000583. The Labute approximate surface area is 140 Å². The fraction of sp³-hybridized carbons (Fsp3) is 0.600. The van der Waals surface area contributed by atoms with E-state index >= 15 is 0 Å². The zero-order valence-electron chi connectivity index (χ0n) is 12.7. The molecule has 0 saturated carbocycles. The number of nitrogens with zero attached hydrogens (tertiary/aromatic N) is 1. The molecule has 1 aliphatic rings. The van der Waals surface area contributed by atoms with Crippen LogP contribution in [-0.4, -0.2) is 43.0 Å². The molecule has 0 bridgehead atoms. The quantitative estimate of drug-likeness (QED) is 0.863. The summed E-state index contributed by atoms with van der Waals surface area (Å²) in [7, 11) is 0. The molecular formula is C15H22ClN3O2S. The van der Waals surface area contributed by atoms with Gasteiger partial charge in [0.1, 0.15) is 0 Å². The molecular weight excluding hydrogens is 322 g/mol. The van der Waals surface area contributed by atoms with Crippen LogP contribution < -0.4 is 10.6 Å². The van der Waals surface area contributed by atoms with Gasteiger partial charge in [-0.1, -0.05) is 11.6 Å². The van der Waals surface area contributed by atoms with Crippen LogP contribution in [0.2, 0.25) is 4.34 Å². The average molecular weight is 344 g/mol. The van der Waals surface area contributed by atoms with Gasteiger partial charge in [0, 0.05) is 38.0 Å². The molecule has 0 aromatic carbocycles. The van der Waals surface area contributed by atoms with Crippen LogP contribution in [0.25, 0.3) is 0 Å². The fourth-order valence-corrected chi connectivity index (χ4v) is 3.61. The second-order valence-electron chi connectivity index (χ2n) is 5.56. The van der Waals surface area contributed by atoms with Gasteiger partial charge >= 0.3 is 6.03 Å². The summed E-state index contributed by atoms with van der Waals surface area (Å²) in [5.41, 5.74) is 0. The van der Waals surface area contributed by atoms with Crippen LogP contribution in [0.1, 0.15) is 24.6 Å². The molecule has 22 heavy (non-hydrogen) atoms. The molecule has 2 heterocycles. The molecule has 2 rings (SSSR count). The first-order valence-corrected chi connectivity index (χ1v) is 8.75. The first-order valence-electron chi connectivity index (χ1n) is 7.56. The lowest BCUT2D eigenvalue weighted by Crippen LogP contribution is -2.46. The van der Waals surface area contributed by atoms with Crippen molar-refractivity contribution >= 4 is 34.9 Å². The van der Waals surface area contributed by atoms with Crippen molar-refractivity contribution in [1.29, 1.82) is 0 Å². The lowest BCUT2D eigenvalue weighted by Gasteiger charge is -2.32. The van der Waals surface area contributed by atoms with E-state index in [4.69, 9.17) is 11.6 Å². The third-order valence-electron chi connectivity index (χ3n) is 3.82. The molecule has 3 amide bonds. The first-order chi connectivity index (χ1) is 10.5. The van der Waals surface area contributed by atoms with E-state index in [-0.39, 0.29) is 11.9 Å². The molecule has 7 heteroatoms. The maximum atomic E-state index is 12.1. The summed E-state index contributed by atoms with van der Waals surface area (Å²) in [5, 5.41) is 5.80. The highest BCUT2D eigenvalue weighted by atomic mass is 35.5. The highest BCUT2D eigenvalue weighted by Gasteiger charge is 2.22. The highest BCUT2D eigenvalue weighted by Crippen LogP contribution is 2.21. The zero-order valence-corrected chi connectivity index (χ0v) is 14.3. The largest absolute Gasteiger partial charge is 0.356 e. The van der Waals surface area contributed by atoms with Crippen molar-refractivity contribution in [3.05, 3.63) is 21.3 Å². The second-order valence-corrected chi connectivity index (χ2v) is 7.35. The zero-order chi connectivity index (χ0) is 15.9. The Kier molecular flexibility index (Phi) is 6.51. The van der Waals surface area contributed by atoms with Gasteiger partial charge in [0.05, 0.1) is 4.34 Å². The molecule has 5 nitrogen and oxygen atoms in total. The summed E-state index contributed by atoms with van der Waals surface area (Å²) < 4.78 is 0.780. The van der Waals surface area contributed by atoms with Gasteiger partial charge in [0.2, 0.25) is 5.91 Å². The SMILES string of the molecule is CC(=O)NCC1CCN(C(=O)NCCc2ccc(Cl)s2)CC1. The van der Waals surface area contributed by atoms with E-state index < -0.39 is 0 Å². The number of thiophene rings is 1. The normalized spacial score (nSPS) is 15.6. The number of amides is 3. The Bertz CT molecular complexity index is 513. The summed E-state index contributed by atoms with van der Waals surface area (Å²) >= 11 is 7.43. The molecule has 0 unspecified atom stereocenters. The summed E-state index contributed by atoms with van der Waals surface area (Å²) in [6.07, 6.45) is 2.69. The van der Waals surface area contributed by atoms with Crippen molar-refractivity contribution in [3.63, 3.8) is 0 Å². The molecule has 0 aliphatic carbocycles. The number of rotatable bonds is 5. The summed E-state index contributed by atoms with van der Waals surface area (Å²) in [6, 6.07) is 3.87. The number of piperidine rings is 1. The van der Waals surface area contributed by atoms with E-state index in [9.17, 15) is 9.59 Å². The third-order valence-corrected chi connectivity index (χ3v) is 5.11. The van der Waals surface area contributed by atoms with Gasteiger partial charge in [-0.25, -0.2) is 4.79 Å². The number of likely N-dealkylation sites (tertiary alicyclic amines) is 1. The Morgan fingerprint density at radius 2 is 2.05 bits per heavy atom. The Morgan fingerprint density at radius 3 is 2.64 bits per heavy atom. The number of urea groups is 1. The topological polar surface area (TPSA) is 61.4 Å².